The van der Waals surface area contributed by atoms with Gasteiger partial charge in [-0.3, -0.25) is 0 Å². The molecule has 1 amide bonds. The number of hydrogen-bond donors (Lipinski definition) is 1. The number of nitrogens with zero attached hydrogens (tertiary/aromatic N) is 2. The van der Waals surface area contributed by atoms with Crippen molar-refractivity contribution in [3.05, 3.63) is 131 Å². The van der Waals surface area contributed by atoms with Gasteiger partial charge in [0.2, 0.25) is 11.7 Å². The van der Waals surface area contributed by atoms with Crippen molar-refractivity contribution in [3.63, 3.8) is 0 Å². The van der Waals surface area contributed by atoms with Crippen molar-refractivity contribution in [2.24, 2.45) is 0 Å². The lowest BCUT2D eigenvalue weighted by molar-refractivity contribution is 0.136. The van der Waals surface area contributed by atoms with Crippen LogP contribution >= 0.6 is 0 Å². The van der Waals surface area contributed by atoms with Gasteiger partial charge in [-0.1, -0.05) is 114 Å². The summed E-state index contributed by atoms with van der Waals surface area (Å²) in [6.45, 7) is 2.26. The second kappa shape index (κ2) is 10.3. The van der Waals surface area contributed by atoms with Gasteiger partial charge in [-0.25, -0.2) is 4.79 Å². The summed E-state index contributed by atoms with van der Waals surface area (Å²) in [7, 11) is 0. The highest BCUT2D eigenvalue weighted by Gasteiger charge is 2.30. The number of aryl methyl sites for hydroxylation is 1. The number of alkyl carbamates (subject to hydrolysis) is 1. The summed E-state index contributed by atoms with van der Waals surface area (Å²) < 4.78 is 11.4. The zero-order valence-electron chi connectivity index (χ0n) is 21.0. The van der Waals surface area contributed by atoms with Crippen LogP contribution in [0.2, 0.25) is 0 Å². The quantitative estimate of drug-likeness (QED) is 0.263. The van der Waals surface area contributed by atoms with E-state index in [1.807, 2.05) is 85.8 Å². The lowest BCUT2D eigenvalue weighted by atomic mass is 9.98. The number of fused-ring (bicyclic) bond motifs is 3. The van der Waals surface area contributed by atoms with Crippen LogP contribution in [0, 0.1) is 6.92 Å². The van der Waals surface area contributed by atoms with Gasteiger partial charge in [-0.05, 0) is 34.7 Å². The summed E-state index contributed by atoms with van der Waals surface area (Å²) in [4.78, 5) is 17.7. The molecule has 0 bridgehead atoms. The number of ether oxygens (including phenoxy) is 1. The van der Waals surface area contributed by atoms with Crippen LogP contribution in [-0.4, -0.2) is 22.8 Å². The van der Waals surface area contributed by atoms with E-state index >= 15 is 0 Å². The van der Waals surface area contributed by atoms with Gasteiger partial charge in [0.05, 0.1) is 0 Å². The minimum absolute atomic E-state index is 0.0164. The molecule has 1 atom stereocenters. The third-order valence-electron chi connectivity index (χ3n) is 6.97. The summed E-state index contributed by atoms with van der Waals surface area (Å²) in [5, 5.41) is 7.14. The highest BCUT2D eigenvalue weighted by Crippen LogP contribution is 2.44. The number of rotatable bonds is 7. The van der Waals surface area contributed by atoms with Gasteiger partial charge in [-0.2, -0.15) is 4.98 Å². The molecule has 1 N–H and O–H groups in total. The zero-order chi connectivity index (χ0) is 25.9. The van der Waals surface area contributed by atoms with Crippen LogP contribution in [0.3, 0.4) is 0 Å². The van der Waals surface area contributed by atoms with Gasteiger partial charge in [0.15, 0.2) is 0 Å². The number of carbonyl (C=O) groups excluding carboxylic acids is 1. The molecule has 6 heteroatoms. The average molecular weight is 502 g/mol. The summed E-state index contributed by atoms with van der Waals surface area (Å²) in [5.41, 5.74) is 7.75. The van der Waals surface area contributed by atoms with E-state index in [1.165, 1.54) is 22.3 Å². The monoisotopic (exact) mass is 501 g/mol. The second-order valence-electron chi connectivity index (χ2n) is 9.53. The summed E-state index contributed by atoms with van der Waals surface area (Å²) in [6.07, 6.45) is -0.0384. The molecule has 1 aliphatic rings. The minimum atomic E-state index is -0.542. The van der Waals surface area contributed by atoms with E-state index in [-0.39, 0.29) is 12.5 Å². The highest BCUT2D eigenvalue weighted by atomic mass is 16.5. The first-order valence-corrected chi connectivity index (χ1v) is 12.7. The van der Waals surface area contributed by atoms with E-state index in [1.54, 1.807) is 0 Å². The molecule has 1 heterocycles. The molecule has 0 spiro atoms. The maximum absolute atomic E-state index is 13.1. The first-order chi connectivity index (χ1) is 18.7. The third kappa shape index (κ3) is 4.81. The Hall–Kier alpha value is -4.71. The molecule has 188 valence electrons. The second-order valence-corrected chi connectivity index (χ2v) is 9.53. The SMILES string of the molecule is Cc1ccc(-c2noc([C@H](Cc3ccccc3)NC(=O)OCC3c4ccccc4-c4ccccc43)n2)cc1. The fourth-order valence-electron chi connectivity index (χ4n) is 5.03. The van der Waals surface area contributed by atoms with Crippen LogP contribution in [-0.2, 0) is 11.2 Å². The number of nitrogens with one attached hydrogen (secondary N) is 1. The fraction of sp³-hybridized carbons (Fsp3) is 0.156. The van der Waals surface area contributed by atoms with Gasteiger partial charge in [0, 0.05) is 17.9 Å². The van der Waals surface area contributed by atoms with Crippen molar-refractivity contribution in [3.8, 4) is 22.5 Å². The van der Waals surface area contributed by atoms with Gasteiger partial charge in [0.1, 0.15) is 12.6 Å². The van der Waals surface area contributed by atoms with Crippen molar-refractivity contribution in [2.75, 3.05) is 6.61 Å². The lowest BCUT2D eigenvalue weighted by Crippen LogP contribution is -2.31. The first-order valence-electron chi connectivity index (χ1n) is 12.7. The number of aromatic nitrogens is 2. The van der Waals surface area contributed by atoms with Crippen molar-refractivity contribution in [1.82, 2.24) is 15.5 Å². The fourth-order valence-corrected chi connectivity index (χ4v) is 5.03. The van der Waals surface area contributed by atoms with Crippen LogP contribution in [0.5, 0.6) is 0 Å². The lowest BCUT2D eigenvalue weighted by Gasteiger charge is -2.18. The van der Waals surface area contributed by atoms with Gasteiger partial charge in [-0.15, -0.1) is 0 Å². The van der Waals surface area contributed by atoms with E-state index in [9.17, 15) is 4.79 Å². The topological polar surface area (TPSA) is 77.2 Å². The third-order valence-corrected chi connectivity index (χ3v) is 6.97. The number of amides is 1. The molecule has 0 aliphatic heterocycles. The Morgan fingerprint density at radius 2 is 1.50 bits per heavy atom. The van der Waals surface area contributed by atoms with Crippen LogP contribution in [0.15, 0.2) is 108 Å². The predicted octanol–water partition coefficient (Wildman–Crippen LogP) is 6.87. The average Bonchev–Trinajstić information content (AvgIpc) is 3.56. The Labute approximate surface area is 221 Å². The molecular formula is C32H27N3O3. The largest absolute Gasteiger partial charge is 0.449 e. The van der Waals surface area contributed by atoms with Crippen molar-refractivity contribution >= 4 is 6.09 Å². The Kier molecular flexibility index (Phi) is 6.44. The van der Waals surface area contributed by atoms with Crippen LogP contribution in [0.4, 0.5) is 4.79 Å². The summed E-state index contributed by atoms with van der Waals surface area (Å²) in [6, 6.07) is 33.8. The molecule has 4 aromatic carbocycles. The number of carbonyl (C=O) groups is 1. The molecular weight excluding hydrogens is 474 g/mol. The van der Waals surface area contributed by atoms with Crippen molar-refractivity contribution < 1.29 is 14.1 Å². The molecule has 0 radical (unpaired) electrons. The Morgan fingerprint density at radius 3 is 2.18 bits per heavy atom. The van der Waals surface area contributed by atoms with E-state index < -0.39 is 12.1 Å². The molecule has 38 heavy (non-hydrogen) atoms. The van der Waals surface area contributed by atoms with Gasteiger partial charge < -0.3 is 14.6 Å². The van der Waals surface area contributed by atoms with E-state index in [2.05, 4.69) is 39.7 Å². The minimum Gasteiger partial charge on any atom is -0.449 e. The van der Waals surface area contributed by atoms with E-state index in [4.69, 9.17) is 9.26 Å². The predicted molar refractivity (Wildman–Crippen MR) is 146 cm³/mol. The Bertz CT molecular complexity index is 1520. The Morgan fingerprint density at radius 1 is 0.868 bits per heavy atom. The smallest absolute Gasteiger partial charge is 0.407 e. The molecule has 0 saturated heterocycles. The van der Waals surface area contributed by atoms with Crippen LogP contribution in [0.1, 0.15) is 40.1 Å². The molecule has 0 unspecified atom stereocenters. The normalized spacial score (nSPS) is 13.0. The summed E-state index contributed by atoms with van der Waals surface area (Å²) in [5.74, 6) is 0.794. The Balaban J connectivity index is 1.20. The van der Waals surface area contributed by atoms with Crippen molar-refractivity contribution in [1.29, 1.82) is 0 Å². The standard InChI is InChI=1S/C32H27N3O3/c1-21-15-17-23(18-16-21)30-34-31(38-35-30)29(19-22-9-3-2-4-10-22)33-32(36)37-20-28-26-13-7-5-11-24(26)25-12-6-8-14-27(25)28/h2-18,28-29H,19-20H2,1H3,(H,33,36)/t29-/m0/s1. The molecule has 6 rings (SSSR count). The molecule has 1 aliphatic carbocycles. The van der Waals surface area contributed by atoms with Gasteiger partial charge >= 0.3 is 6.09 Å². The van der Waals surface area contributed by atoms with Crippen LogP contribution < -0.4 is 5.32 Å². The maximum Gasteiger partial charge on any atom is 0.407 e. The number of hydrogen-bond acceptors (Lipinski definition) is 5. The van der Waals surface area contributed by atoms with E-state index in [0.717, 1.165) is 16.7 Å². The van der Waals surface area contributed by atoms with E-state index in [0.29, 0.717) is 18.1 Å². The number of benzene rings is 4. The van der Waals surface area contributed by atoms with Gasteiger partial charge in [0.25, 0.3) is 0 Å². The molecule has 0 fully saturated rings. The highest BCUT2D eigenvalue weighted by molar-refractivity contribution is 5.79. The zero-order valence-corrected chi connectivity index (χ0v) is 21.0. The van der Waals surface area contributed by atoms with Crippen molar-refractivity contribution in [2.45, 2.75) is 25.3 Å². The molecule has 6 nitrogen and oxygen atoms in total. The maximum atomic E-state index is 13.1. The first kappa shape index (κ1) is 23.7. The summed E-state index contributed by atoms with van der Waals surface area (Å²) >= 11 is 0. The van der Waals surface area contributed by atoms with Crippen LogP contribution in [0.25, 0.3) is 22.5 Å². The molecule has 5 aromatic rings. The molecule has 0 saturated carbocycles. The molecule has 1 aromatic heterocycles.